The molecule has 3 nitrogen and oxygen atoms in total. The van der Waals surface area contributed by atoms with E-state index in [0.29, 0.717) is 6.04 Å². The first-order chi connectivity index (χ1) is 12.1. The number of anilines is 1. The van der Waals surface area contributed by atoms with Crippen LogP contribution in [0.3, 0.4) is 0 Å². The molecule has 1 N–H and O–H groups in total. The second kappa shape index (κ2) is 8.30. The lowest BCUT2D eigenvalue weighted by Gasteiger charge is -2.33. The number of benzene rings is 1. The van der Waals surface area contributed by atoms with E-state index in [2.05, 4.69) is 77.6 Å². The van der Waals surface area contributed by atoms with Crippen molar-refractivity contribution >= 4 is 5.82 Å². The van der Waals surface area contributed by atoms with Gasteiger partial charge in [-0.2, -0.15) is 0 Å². The molecular formula is C22H29N3. The van der Waals surface area contributed by atoms with E-state index in [9.17, 15) is 0 Å². The normalized spacial score (nSPS) is 16.5. The first-order valence-electron chi connectivity index (χ1n) is 9.28. The summed E-state index contributed by atoms with van der Waals surface area (Å²) in [5.41, 5.74) is 5.30. The van der Waals surface area contributed by atoms with E-state index in [-0.39, 0.29) is 0 Å². The quantitative estimate of drug-likeness (QED) is 0.788. The van der Waals surface area contributed by atoms with Crippen LogP contribution in [0.4, 0.5) is 5.82 Å². The molecule has 2 heterocycles. The molecule has 132 valence electrons. The van der Waals surface area contributed by atoms with Crippen molar-refractivity contribution in [3.05, 3.63) is 70.9 Å². The molecule has 0 amide bonds. The van der Waals surface area contributed by atoms with Crippen molar-refractivity contribution in [2.75, 3.05) is 25.0 Å². The molecule has 3 heteroatoms. The number of hydrogen-bond donors (Lipinski definition) is 1. The molecule has 0 bridgehead atoms. The van der Waals surface area contributed by atoms with Crippen molar-refractivity contribution < 1.29 is 0 Å². The van der Waals surface area contributed by atoms with Crippen molar-refractivity contribution in [1.29, 1.82) is 0 Å². The van der Waals surface area contributed by atoms with Gasteiger partial charge in [0.05, 0.1) is 0 Å². The van der Waals surface area contributed by atoms with Crippen molar-refractivity contribution in [3.8, 4) is 0 Å². The Morgan fingerprint density at radius 1 is 1.12 bits per heavy atom. The summed E-state index contributed by atoms with van der Waals surface area (Å²) < 4.78 is 0. The number of nitrogens with one attached hydrogen (secondary N) is 1. The molecule has 2 aromatic rings. The summed E-state index contributed by atoms with van der Waals surface area (Å²) in [7, 11) is 0. The Hall–Kier alpha value is -2.13. The zero-order valence-corrected chi connectivity index (χ0v) is 15.6. The zero-order chi connectivity index (χ0) is 17.6. The van der Waals surface area contributed by atoms with Crippen LogP contribution in [-0.4, -0.2) is 29.5 Å². The molecule has 1 fully saturated rings. The van der Waals surface area contributed by atoms with Crippen LogP contribution in [0.2, 0.25) is 0 Å². The number of pyridine rings is 1. The third-order valence-electron chi connectivity index (χ3n) is 5.04. The topological polar surface area (TPSA) is 28.2 Å². The predicted molar refractivity (Wildman–Crippen MR) is 106 cm³/mol. The van der Waals surface area contributed by atoms with Crippen LogP contribution in [-0.2, 0) is 0 Å². The number of aromatic nitrogens is 1. The highest BCUT2D eigenvalue weighted by Gasteiger charge is 2.19. The summed E-state index contributed by atoms with van der Waals surface area (Å²) in [6, 6.07) is 15.5. The van der Waals surface area contributed by atoms with Crippen LogP contribution in [0.15, 0.2) is 54.1 Å². The fourth-order valence-corrected chi connectivity index (χ4v) is 3.58. The minimum absolute atomic E-state index is 0.500. The molecular weight excluding hydrogens is 306 g/mol. The summed E-state index contributed by atoms with van der Waals surface area (Å²) in [5.74, 6) is 0.976. The fraction of sp³-hybridized carbons (Fsp3) is 0.409. The largest absolute Gasteiger partial charge is 0.367 e. The molecule has 0 radical (unpaired) electrons. The van der Waals surface area contributed by atoms with Crippen molar-refractivity contribution in [2.45, 2.75) is 39.7 Å². The van der Waals surface area contributed by atoms with Gasteiger partial charge in [-0.15, -0.1) is 0 Å². The average molecular weight is 335 g/mol. The van der Waals surface area contributed by atoms with Crippen LogP contribution in [0.25, 0.3) is 0 Å². The minimum Gasteiger partial charge on any atom is -0.367 e. The number of aryl methyl sites for hydroxylation is 2. The summed E-state index contributed by atoms with van der Waals surface area (Å²) in [4.78, 5) is 7.13. The first-order valence-corrected chi connectivity index (χ1v) is 9.28. The highest BCUT2D eigenvalue weighted by atomic mass is 15.2. The highest BCUT2D eigenvalue weighted by molar-refractivity contribution is 5.39. The van der Waals surface area contributed by atoms with Gasteiger partial charge in [-0.1, -0.05) is 42.0 Å². The lowest BCUT2D eigenvalue weighted by Crippen LogP contribution is -2.33. The second-order valence-corrected chi connectivity index (χ2v) is 7.04. The van der Waals surface area contributed by atoms with Gasteiger partial charge in [0.1, 0.15) is 5.82 Å². The molecule has 1 atom stereocenters. The molecule has 1 aromatic carbocycles. The van der Waals surface area contributed by atoms with Crippen LogP contribution < -0.4 is 5.32 Å². The highest BCUT2D eigenvalue weighted by Crippen LogP contribution is 2.26. The maximum Gasteiger partial charge on any atom is 0.126 e. The van der Waals surface area contributed by atoms with E-state index in [1.807, 2.05) is 6.92 Å². The van der Waals surface area contributed by atoms with Gasteiger partial charge < -0.3 is 5.32 Å². The van der Waals surface area contributed by atoms with Crippen LogP contribution in [0, 0.1) is 13.8 Å². The van der Waals surface area contributed by atoms with E-state index < -0.39 is 0 Å². The van der Waals surface area contributed by atoms with Gasteiger partial charge in [-0.25, -0.2) is 4.98 Å². The lowest BCUT2D eigenvalue weighted by atomic mass is 9.99. The van der Waals surface area contributed by atoms with E-state index in [4.69, 9.17) is 0 Å². The standard InChI is InChI=1S/C22H29N3/c1-17-15-18(2)24-22(16-17)23-12-9-20-10-13-25(14-11-20)19(3)21-7-5-4-6-8-21/h4-9,15-16,19H,10-14H2,1-3H3,(H,23,24). The zero-order valence-electron chi connectivity index (χ0n) is 15.6. The number of hydrogen-bond acceptors (Lipinski definition) is 3. The molecule has 0 saturated carbocycles. The Balaban J connectivity index is 1.49. The maximum absolute atomic E-state index is 4.54. The molecule has 0 spiro atoms. The number of likely N-dealkylation sites (tertiary alicyclic amines) is 1. The SMILES string of the molecule is Cc1cc(C)nc(NCC=C2CCN(C(C)c3ccccc3)CC2)c1. The van der Waals surface area contributed by atoms with Gasteiger partial charge in [0.15, 0.2) is 0 Å². The monoisotopic (exact) mass is 335 g/mol. The van der Waals surface area contributed by atoms with E-state index in [1.165, 1.54) is 24.0 Å². The predicted octanol–water partition coefficient (Wildman–Crippen LogP) is 4.89. The average Bonchev–Trinajstić information content (AvgIpc) is 2.62. The van der Waals surface area contributed by atoms with Crippen LogP contribution in [0.1, 0.15) is 42.6 Å². The number of piperidine rings is 1. The van der Waals surface area contributed by atoms with Gasteiger partial charge in [-0.05, 0) is 56.9 Å². The van der Waals surface area contributed by atoms with Gasteiger partial charge in [0.2, 0.25) is 0 Å². The first kappa shape index (κ1) is 17.7. The Labute approximate surface area is 151 Å². The molecule has 1 aliphatic heterocycles. The van der Waals surface area contributed by atoms with Crippen LogP contribution >= 0.6 is 0 Å². The van der Waals surface area contributed by atoms with Crippen molar-refractivity contribution in [2.24, 2.45) is 0 Å². The number of nitrogens with zero attached hydrogens (tertiary/aromatic N) is 2. The van der Waals surface area contributed by atoms with Gasteiger partial charge in [0.25, 0.3) is 0 Å². The molecule has 0 aliphatic carbocycles. The molecule has 25 heavy (non-hydrogen) atoms. The lowest BCUT2D eigenvalue weighted by molar-refractivity contribution is 0.196. The Morgan fingerprint density at radius 2 is 1.84 bits per heavy atom. The van der Waals surface area contributed by atoms with Crippen molar-refractivity contribution in [1.82, 2.24) is 9.88 Å². The van der Waals surface area contributed by atoms with Gasteiger partial charge in [0, 0.05) is 31.4 Å². The van der Waals surface area contributed by atoms with Crippen molar-refractivity contribution in [3.63, 3.8) is 0 Å². The third-order valence-corrected chi connectivity index (χ3v) is 5.04. The summed E-state index contributed by atoms with van der Waals surface area (Å²) >= 11 is 0. The molecule has 1 aromatic heterocycles. The van der Waals surface area contributed by atoms with Gasteiger partial charge >= 0.3 is 0 Å². The Morgan fingerprint density at radius 3 is 2.52 bits per heavy atom. The number of rotatable bonds is 5. The minimum atomic E-state index is 0.500. The third kappa shape index (κ3) is 4.93. The molecule has 1 saturated heterocycles. The Kier molecular flexibility index (Phi) is 5.87. The molecule has 1 unspecified atom stereocenters. The fourth-order valence-electron chi connectivity index (χ4n) is 3.58. The van der Waals surface area contributed by atoms with Crippen LogP contribution in [0.5, 0.6) is 0 Å². The van der Waals surface area contributed by atoms with E-state index in [1.54, 1.807) is 5.57 Å². The second-order valence-electron chi connectivity index (χ2n) is 7.04. The summed E-state index contributed by atoms with van der Waals surface area (Å²) in [6.45, 7) is 9.62. The van der Waals surface area contributed by atoms with E-state index in [0.717, 1.165) is 31.1 Å². The van der Waals surface area contributed by atoms with E-state index >= 15 is 0 Å². The Bertz CT molecular complexity index is 691. The smallest absolute Gasteiger partial charge is 0.126 e. The summed E-state index contributed by atoms with van der Waals surface area (Å²) in [6.07, 6.45) is 4.68. The van der Waals surface area contributed by atoms with Gasteiger partial charge in [-0.3, -0.25) is 4.90 Å². The molecule has 3 rings (SSSR count). The summed E-state index contributed by atoms with van der Waals surface area (Å²) in [5, 5.41) is 3.43. The molecule has 1 aliphatic rings. The maximum atomic E-state index is 4.54.